The van der Waals surface area contributed by atoms with Gasteiger partial charge in [-0.2, -0.15) is 10.4 Å². The van der Waals surface area contributed by atoms with Crippen LogP contribution >= 0.6 is 0 Å². The first kappa shape index (κ1) is 12.5. The number of hydrogen-bond acceptors (Lipinski definition) is 4. The second-order valence-corrected chi connectivity index (χ2v) is 4.89. The van der Waals surface area contributed by atoms with Crippen LogP contribution in [0.3, 0.4) is 0 Å². The van der Waals surface area contributed by atoms with Crippen LogP contribution in [0.15, 0.2) is 58.2 Å². The minimum Gasteiger partial charge on any atom is -0.466 e. The monoisotopic (exact) mass is 265 g/mol. The fraction of sp³-hybridized carbons (Fsp3) is 0.250. The second kappa shape index (κ2) is 5.22. The number of hydrazone groups is 1. The van der Waals surface area contributed by atoms with Gasteiger partial charge in [-0.3, -0.25) is 5.01 Å². The minimum atomic E-state index is -0.493. The molecule has 0 N–H and O–H groups in total. The van der Waals surface area contributed by atoms with Crippen molar-refractivity contribution in [2.75, 3.05) is 0 Å². The van der Waals surface area contributed by atoms with Gasteiger partial charge >= 0.3 is 0 Å². The molecule has 0 saturated heterocycles. The zero-order valence-corrected chi connectivity index (χ0v) is 11.2. The van der Waals surface area contributed by atoms with E-state index in [2.05, 4.69) is 23.3 Å². The maximum atomic E-state index is 9.49. The SMILES string of the molecule is CC1=NN([C@@H](C#N)c2ccco2)[C@@H](c2ccccc2)C1. The Bertz CT molecular complexity index is 640. The van der Waals surface area contributed by atoms with Crippen molar-refractivity contribution in [3.63, 3.8) is 0 Å². The van der Waals surface area contributed by atoms with Crippen molar-refractivity contribution in [1.82, 2.24) is 5.01 Å². The molecule has 0 unspecified atom stereocenters. The van der Waals surface area contributed by atoms with Gasteiger partial charge in [0.1, 0.15) is 5.76 Å². The standard InChI is InChI=1S/C16H15N3O/c1-12-10-14(13-6-3-2-4-7-13)19(18-12)15(11-17)16-8-5-9-20-16/h2-9,14-15H,10H2,1H3/t14-,15+/m1/s1. The molecule has 0 fully saturated rings. The lowest BCUT2D eigenvalue weighted by molar-refractivity contribution is 0.178. The smallest absolute Gasteiger partial charge is 0.191 e. The molecule has 0 bridgehead atoms. The molecule has 2 atom stereocenters. The number of rotatable bonds is 3. The summed E-state index contributed by atoms with van der Waals surface area (Å²) in [6, 6.07) is 15.7. The minimum absolute atomic E-state index is 0.0888. The second-order valence-electron chi connectivity index (χ2n) is 4.89. The number of nitriles is 1. The van der Waals surface area contributed by atoms with Gasteiger partial charge in [0.05, 0.1) is 18.4 Å². The first-order valence-corrected chi connectivity index (χ1v) is 6.60. The van der Waals surface area contributed by atoms with E-state index in [1.54, 1.807) is 12.3 Å². The van der Waals surface area contributed by atoms with Crippen LogP contribution in [0.25, 0.3) is 0 Å². The number of furan rings is 1. The van der Waals surface area contributed by atoms with Crippen molar-refractivity contribution in [1.29, 1.82) is 5.26 Å². The Kier molecular flexibility index (Phi) is 3.26. The molecule has 3 rings (SSSR count). The van der Waals surface area contributed by atoms with E-state index < -0.39 is 6.04 Å². The van der Waals surface area contributed by atoms with Gasteiger partial charge in [-0.15, -0.1) is 0 Å². The van der Waals surface area contributed by atoms with Crippen molar-refractivity contribution in [3.05, 3.63) is 60.1 Å². The zero-order chi connectivity index (χ0) is 13.9. The van der Waals surface area contributed by atoms with Gasteiger partial charge < -0.3 is 4.42 Å². The summed E-state index contributed by atoms with van der Waals surface area (Å²) in [5, 5.41) is 15.9. The molecule has 0 spiro atoms. The molecule has 100 valence electrons. The van der Waals surface area contributed by atoms with Gasteiger partial charge in [-0.05, 0) is 24.6 Å². The van der Waals surface area contributed by atoms with Crippen molar-refractivity contribution in [2.45, 2.75) is 25.4 Å². The highest BCUT2D eigenvalue weighted by Gasteiger charge is 2.33. The largest absolute Gasteiger partial charge is 0.466 e. The predicted octanol–water partition coefficient (Wildman–Crippen LogP) is 3.67. The van der Waals surface area contributed by atoms with E-state index in [9.17, 15) is 5.26 Å². The third-order valence-corrected chi connectivity index (χ3v) is 3.48. The van der Waals surface area contributed by atoms with Crippen LogP contribution in [0.1, 0.15) is 36.8 Å². The Hall–Kier alpha value is -2.54. The Morgan fingerprint density at radius 2 is 2.10 bits per heavy atom. The fourth-order valence-electron chi connectivity index (χ4n) is 2.56. The highest BCUT2D eigenvalue weighted by atomic mass is 16.3. The molecular formula is C16H15N3O. The van der Waals surface area contributed by atoms with Gasteiger partial charge in [0.15, 0.2) is 6.04 Å². The number of hydrogen-bond donors (Lipinski definition) is 0. The first-order valence-electron chi connectivity index (χ1n) is 6.60. The molecule has 0 aliphatic carbocycles. The maximum absolute atomic E-state index is 9.49. The molecule has 20 heavy (non-hydrogen) atoms. The summed E-state index contributed by atoms with van der Waals surface area (Å²) in [5.74, 6) is 0.631. The van der Waals surface area contributed by atoms with Crippen LogP contribution in [-0.2, 0) is 0 Å². The third-order valence-electron chi connectivity index (χ3n) is 3.48. The molecule has 1 aliphatic rings. The molecule has 0 amide bonds. The molecule has 4 heteroatoms. The summed E-state index contributed by atoms with van der Waals surface area (Å²) in [4.78, 5) is 0. The molecular weight excluding hydrogens is 250 g/mol. The van der Waals surface area contributed by atoms with Crippen LogP contribution in [-0.4, -0.2) is 10.7 Å². The summed E-state index contributed by atoms with van der Waals surface area (Å²) >= 11 is 0. The van der Waals surface area contributed by atoms with Gasteiger partial charge in [0.25, 0.3) is 0 Å². The summed E-state index contributed by atoms with van der Waals surface area (Å²) in [6.07, 6.45) is 2.42. The molecule has 2 aromatic rings. The Morgan fingerprint density at radius 3 is 2.75 bits per heavy atom. The Labute approximate surface area is 117 Å². The average Bonchev–Trinajstić information content (AvgIpc) is 3.11. The molecule has 0 saturated carbocycles. The van der Waals surface area contributed by atoms with E-state index in [0.717, 1.165) is 12.1 Å². The quantitative estimate of drug-likeness (QED) is 0.850. The lowest BCUT2D eigenvalue weighted by Crippen LogP contribution is -2.23. The number of nitrogens with zero attached hydrogens (tertiary/aromatic N) is 3. The van der Waals surface area contributed by atoms with Crippen LogP contribution in [0.5, 0.6) is 0 Å². The average molecular weight is 265 g/mol. The summed E-state index contributed by atoms with van der Waals surface area (Å²) in [6.45, 7) is 1.99. The lowest BCUT2D eigenvalue weighted by Gasteiger charge is -2.26. The van der Waals surface area contributed by atoms with E-state index in [0.29, 0.717) is 5.76 Å². The Morgan fingerprint density at radius 1 is 1.30 bits per heavy atom. The zero-order valence-electron chi connectivity index (χ0n) is 11.2. The maximum Gasteiger partial charge on any atom is 0.191 e. The van der Waals surface area contributed by atoms with Gasteiger partial charge in [0.2, 0.25) is 0 Å². The molecule has 4 nitrogen and oxygen atoms in total. The third kappa shape index (κ3) is 2.19. The topological polar surface area (TPSA) is 52.5 Å². The van der Waals surface area contributed by atoms with Crippen molar-refractivity contribution < 1.29 is 4.42 Å². The summed E-state index contributed by atoms with van der Waals surface area (Å²) < 4.78 is 5.38. The van der Waals surface area contributed by atoms with Gasteiger partial charge in [-0.25, -0.2) is 0 Å². The first-order chi connectivity index (χ1) is 9.79. The van der Waals surface area contributed by atoms with Crippen LogP contribution in [0.4, 0.5) is 0 Å². The van der Waals surface area contributed by atoms with Crippen LogP contribution in [0, 0.1) is 11.3 Å². The van der Waals surface area contributed by atoms with E-state index >= 15 is 0 Å². The van der Waals surface area contributed by atoms with Gasteiger partial charge in [0, 0.05) is 12.1 Å². The predicted molar refractivity (Wildman–Crippen MR) is 75.8 cm³/mol. The van der Waals surface area contributed by atoms with Crippen molar-refractivity contribution in [2.24, 2.45) is 5.10 Å². The van der Waals surface area contributed by atoms with E-state index in [1.165, 1.54) is 5.56 Å². The van der Waals surface area contributed by atoms with E-state index in [1.807, 2.05) is 36.2 Å². The van der Waals surface area contributed by atoms with Crippen LogP contribution < -0.4 is 0 Å². The molecule has 1 aromatic carbocycles. The Balaban J connectivity index is 1.95. The van der Waals surface area contributed by atoms with Gasteiger partial charge in [-0.1, -0.05) is 30.3 Å². The van der Waals surface area contributed by atoms with E-state index in [4.69, 9.17) is 4.42 Å². The van der Waals surface area contributed by atoms with E-state index in [-0.39, 0.29) is 6.04 Å². The normalized spacial score (nSPS) is 19.5. The highest BCUT2D eigenvalue weighted by molar-refractivity contribution is 5.83. The molecule has 1 aromatic heterocycles. The summed E-state index contributed by atoms with van der Waals surface area (Å²) in [7, 11) is 0. The lowest BCUT2D eigenvalue weighted by atomic mass is 10.0. The molecule has 0 radical (unpaired) electrons. The molecule has 1 aliphatic heterocycles. The number of benzene rings is 1. The summed E-state index contributed by atoms with van der Waals surface area (Å²) in [5.41, 5.74) is 2.20. The fourth-order valence-corrected chi connectivity index (χ4v) is 2.56. The van der Waals surface area contributed by atoms with Crippen molar-refractivity contribution in [3.8, 4) is 6.07 Å². The van der Waals surface area contributed by atoms with Crippen molar-refractivity contribution >= 4 is 5.71 Å². The highest BCUT2D eigenvalue weighted by Crippen LogP contribution is 2.37. The molecule has 2 heterocycles. The van der Waals surface area contributed by atoms with Crippen LogP contribution in [0.2, 0.25) is 0 Å².